The Hall–Kier alpha value is -1.57. The van der Waals surface area contributed by atoms with Crippen LogP contribution in [0.15, 0.2) is 30.3 Å². The van der Waals surface area contributed by atoms with Crippen molar-refractivity contribution in [1.29, 1.82) is 0 Å². The van der Waals surface area contributed by atoms with Crippen LogP contribution in [-0.2, 0) is 4.79 Å². The number of carbonyl (C=O) groups is 1. The van der Waals surface area contributed by atoms with E-state index in [4.69, 9.17) is 5.11 Å². The van der Waals surface area contributed by atoms with Gasteiger partial charge in [-0.3, -0.25) is 0 Å². The van der Waals surface area contributed by atoms with Gasteiger partial charge in [0.1, 0.15) is 0 Å². The molecule has 86 valence electrons. The van der Waals surface area contributed by atoms with Gasteiger partial charge in [-0.25, -0.2) is 4.79 Å². The molecule has 0 amide bonds. The third-order valence-electron chi connectivity index (χ3n) is 2.42. The van der Waals surface area contributed by atoms with Crippen molar-refractivity contribution >= 4 is 11.5 Å². The maximum Gasteiger partial charge on any atom is 0.328 e. The van der Waals surface area contributed by atoms with Crippen LogP contribution in [0, 0.1) is 12.8 Å². The number of rotatable bonds is 4. The largest absolute Gasteiger partial charge is 0.478 e. The van der Waals surface area contributed by atoms with Gasteiger partial charge in [-0.05, 0) is 36.0 Å². The molecule has 0 saturated heterocycles. The van der Waals surface area contributed by atoms with E-state index in [1.165, 1.54) is 6.08 Å². The molecule has 0 radical (unpaired) electrons. The fraction of sp³-hybridized carbons (Fsp3) is 0.357. The molecule has 1 rings (SSSR count). The van der Waals surface area contributed by atoms with Crippen LogP contribution in [0.2, 0.25) is 0 Å². The molecule has 0 heterocycles. The molecule has 0 bridgehead atoms. The minimum absolute atomic E-state index is 0.449. The smallest absolute Gasteiger partial charge is 0.328 e. The number of hydrogen-bond acceptors (Lipinski definition) is 1. The molecular formula is C14H18O2. The van der Waals surface area contributed by atoms with E-state index in [-0.39, 0.29) is 0 Å². The fourth-order valence-electron chi connectivity index (χ4n) is 1.77. The summed E-state index contributed by atoms with van der Waals surface area (Å²) in [6.07, 6.45) is 2.11. The molecule has 0 atom stereocenters. The van der Waals surface area contributed by atoms with Crippen LogP contribution in [0.5, 0.6) is 0 Å². The molecule has 2 heteroatoms. The molecule has 0 unspecified atom stereocenters. The minimum Gasteiger partial charge on any atom is -0.478 e. The van der Waals surface area contributed by atoms with Crippen molar-refractivity contribution in [2.24, 2.45) is 5.92 Å². The van der Waals surface area contributed by atoms with Gasteiger partial charge in [-0.15, -0.1) is 0 Å². The molecular weight excluding hydrogens is 200 g/mol. The molecule has 16 heavy (non-hydrogen) atoms. The van der Waals surface area contributed by atoms with Crippen LogP contribution in [0.25, 0.3) is 5.57 Å². The Morgan fingerprint density at radius 2 is 2.00 bits per heavy atom. The Balaban J connectivity index is 3.11. The molecule has 0 aliphatic rings. The predicted octanol–water partition coefficient (Wildman–Crippen LogP) is 3.51. The Morgan fingerprint density at radius 3 is 2.50 bits per heavy atom. The lowest BCUT2D eigenvalue weighted by Crippen LogP contribution is -1.98. The highest BCUT2D eigenvalue weighted by molar-refractivity contribution is 5.90. The van der Waals surface area contributed by atoms with Crippen molar-refractivity contribution in [1.82, 2.24) is 0 Å². The van der Waals surface area contributed by atoms with E-state index < -0.39 is 5.97 Å². The van der Waals surface area contributed by atoms with Crippen molar-refractivity contribution in [2.75, 3.05) is 0 Å². The molecule has 0 aliphatic heterocycles. The molecule has 1 aromatic carbocycles. The monoisotopic (exact) mass is 218 g/mol. The van der Waals surface area contributed by atoms with E-state index in [2.05, 4.69) is 13.8 Å². The van der Waals surface area contributed by atoms with E-state index in [1.54, 1.807) is 0 Å². The summed E-state index contributed by atoms with van der Waals surface area (Å²) in [4.78, 5) is 10.8. The van der Waals surface area contributed by atoms with Crippen LogP contribution in [-0.4, -0.2) is 11.1 Å². The molecule has 1 N–H and O–H groups in total. The standard InChI is InChI=1S/C14H18O2/c1-10(2)8-12(9-14(15)16)13-7-5-4-6-11(13)3/h4-7,9-10H,8H2,1-3H3,(H,15,16)/b12-9+. The zero-order valence-corrected chi connectivity index (χ0v) is 10.0. The first-order valence-corrected chi connectivity index (χ1v) is 5.50. The maximum atomic E-state index is 10.8. The van der Waals surface area contributed by atoms with Crippen LogP contribution >= 0.6 is 0 Å². The van der Waals surface area contributed by atoms with Crippen LogP contribution in [0.3, 0.4) is 0 Å². The van der Waals surface area contributed by atoms with Gasteiger partial charge in [0.25, 0.3) is 0 Å². The summed E-state index contributed by atoms with van der Waals surface area (Å²) in [6.45, 7) is 6.19. The summed E-state index contributed by atoms with van der Waals surface area (Å²) in [5.41, 5.74) is 3.06. The third kappa shape index (κ3) is 3.54. The van der Waals surface area contributed by atoms with E-state index in [0.717, 1.165) is 23.1 Å². The van der Waals surface area contributed by atoms with E-state index in [1.807, 2.05) is 31.2 Å². The molecule has 0 aliphatic carbocycles. The average molecular weight is 218 g/mol. The number of hydrogen-bond donors (Lipinski definition) is 1. The number of carboxylic acid groups (broad SMARTS) is 1. The number of aliphatic carboxylic acids is 1. The van der Waals surface area contributed by atoms with Gasteiger partial charge in [-0.2, -0.15) is 0 Å². The topological polar surface area (TPSA) is 37.3 Å². The van der Waals surface area contributed by atoms with Crippen molar-refractivity contribution in [3.8, 4) is 0 Å². The molecule has 1 aromatic rings. The van der Waals surface area contributed by atoms with Gasteiger partial charge in [0, 0.05) is 6.08 Å². The summed E-state index contributed by atoms with van der Waals surface area (Å²) in [6, 6.07) is 7.89. The molecule has 0 saturated carbocycles. The van der Waals surface area contributed by atoms with Crippen LogP contribution < -0.4 is 0 Å². The van der Waals surface area contributed by atoms with Gasteiger partial charge >= 0.3 is 5.97 Å². The van der Waals surface area contributed by atoms with E-state index >= 15 is 0 Å². The number of carboxylic acids is 1. The minimum atomic E-state index is -0.876. The van der Waals surface area contributed by atoms with Gasteiger partial charge in [0.05, 0.1) is 0 Å². The highest BCUT2D eigenvalue weighted by atomic mass is 16.4. The Labute approximate surface area is 96.6 Å². The Bertz CT molecular complexity index is 403. The van der Waals surface area contributed by atoms with Crippen molar-refractivity contribution in [3.05, 3.63) is 41.5 Å². The normalized spacial score (nSPS) is 11.9. The third-order valence-corrected chi connectivity index (χ3v) is 2.42. The SMILES string of the molecule is Cc1ccccc1/C(=C/C(=O)O)CC(C)C. The fourth-order valence-corrected chi connectivity index (χ4v) is 1.77. The second-order valence-electron chi connectivity index (χ2n) is 4.42. The number of benzene rings is 1. The molecule has 2 nitrogen and oxygen atoms in total. The van der Waals surface area contributed by atoms with E-state index in [0.29, 0.717) is 5.92 Å². The highest BCUT2D eigenvalue weighted by Crippen LogP contribution is 2.25. The summed E-state index contributed by atoms with van der Waals surface area (Å²) in [5.74, 6) is -0.427. The molecule has 0 spiro atoms. The molecule has 0 fully saturated rings. The van der Waals surface area contributed by atoms with Crippen molar-refractivity contribution in [2.45, 2.75) is 27.2 Å². The average Bonchev–Trinajstić information content (AvgIpc) is 2.15. The second kappa shape index (κ2) is 5.50. The summed E-state index contributed by atoms with van der Waals surface area (Å²) < 4.78 is 0. The highest BCUT2D eigenvalue weighted by Gasteiger charge is 2.08. The number of allylic oxidation sites excluding steroid dienone is 1. The zero-order chi connectivity index (χ0) is 12.1. The second-order valence-corrected chi connectivity index (χ2v) is 4.42. The van der Waals surface area contributed by atoms with Crippen LogP contribution in [0.4, 0.5) is 0 Å². The van der Waals surface area contributed by atoms with Crippen molar-refractivity contribution in [3.63, 3.8) is 0 Å². The number of aryl methyl sites for hydroxylation is 1. The van der Waals surface area contributed by atoms with E-state index in [9.17, 15) is 4.79 Å². The summed E-state index contributed by atoms with van der Waals surface area (Å²) in [7, 11) is 0. The first kappa shape index (κ1) is 12.5. The Morgan fingerprint density at radius 1 is 1.38 bits per heavy atom. The lowest BCUT2D eigenvalue weighted by Gasteiger charge is -2.12. The quantitative estimate of drug-likeness (QED) is 0.785. The predicted molar refractivity (Wildman–Crippen MR) is 66.2 cm³/mol. The lowest BCUT2D eigenvalue weighted by atomic mass is 9.93. The molecule has 0 aromatic heterocycles. The van der Waals surface area contributed by atoms with Gasteiger partial charge in [0.2, 0.25) is 0 Å². The van der Waals surface area contributed by atoms with Gasteiger partial charge in [-0.1, -0.05) is 38.1 Å². The summed E-state index contributed by atoms with van der Waals surface area (Å²) >= 11 is 0. The van der Waals surface area contributed by atoms with Crippen LogP contribution in [0.1, 0.15) is 31.4 Å². The van der Waals surface area contributed by atoms with Gasteiger partial charge in [0.15, 0.2) is 0 Å². The first-order chi connectivity index (χ1) is 7.50. The summed E-state index contributed by atoms with van der Waals surface area (Å²) in [5, 5.41) is 8.87. The van der Waals surface area contributed by atoms with Crippen molar-refractivity contribution < 1.29 is 9.90 Å². The first-order valence-electron chi connectivity index (χ1n) is 5.50. The zero-order valence-electron chi connectivity index (χ0n) is 10.0. The Kier molecular flexibility index (Phi) is 4.29. The maximum absolute atomic E-state index is 10.8. The van der Waals surface area contributed by atoms with Gasteiger partial charge < -0.3 is 5.11 Å². The lowest BCUT2D eigenvalue weighted by molar-refractivity contribution is -0.131.